The Morgan fingerprint density at radius 3 is 2.75 bits per heavy atom. The van der Waals surface area contributed by atoms with E-state index in [4.69, 9.17) is 23.2 Å². The molecule has 0 bridgehead atoms. The quantitative estimate of drug-likeness (QED) is 0.539. The zero-order valence-electron chi connectivity index (χ0n) is 12.3. The van der Waals surface area contributed by atoms with Crippen LogP contribution in [0.4, 0.5) is 5.69 Å². The summed E-state index contributed by atoms with van der Waals surface area (Å²) in [6, 6.07) is 12.5. The Bertz CT molecular complexity index is 854. The van der Waals surface area contributed by atoms with Gasteiger partial charge in [-0.25, -0.2) is 4.98 Å². The minimum absolute atomic E-state index is 0.185. The van der Waals surface area contributed by atoms with Crippen molar-refractivity contribution in [1.82, 2.24) is 4.98 Å². The molecule has 3 rings (SSSR count). The molecule has 0 atom stereocenters. The lowest BCUT2D eigenvalue weighted by Crippen LogP contribution is -2.13. The average molecular weight is 395 g/mol. The minimum Gasteiger partial charge on any atom is -0.322 e. The highest BCUT2D eigenvalue weighted by atomic mass is 35.5. The van der Waals surface area contributed by atoms with Gasteiger partial charge in [0.1, 0.15) is 0 Å². The van der Waals surface area contributed by atoms with Crippen LogP contribution in [0.5, 0.6) is 0 Å². The number of rotatable bonds is 5. The predicted molar refractivity (Wildman–Crippen MR) is 103 cm³/mol. The fourth-order valence-electron chi connectivity index (χ4n) is 2.01. The minimum atomic E-state index is -0.185. The number of anilines is 1. The van der Waals surface area contributed by atoms with Crippen molar-refractivity contribution in [3.05, 3.63) is 74.7 Å². The van der Waals surface area contributed by atoms with Crippen molar-refractivity contribution >= 4 is 57.9 Å². The maximum Gasteiger partial charge on any atom is 0.256 e. The standard InChI is InChI=1S/C17H12Cl2N2OS2/c18-14-6-5-11(7-15(14)19)21-17(22)13-3-1-2-4-16(13)24-9-12-8-23-10-20-12/h1-8,10H,9H2,(H,21,22). The second-order valence-corrected chi connectivity index (χ2v) is 7.40. The van der Waals surface area contributed by atoms with Crippen molar-refractivity contribution in [2.75, 3.05) is 5.32 Å². The maximum absolute atomic E-state index is 12.6. The van der Waals surface area contributed by atoms with Crippen LogP contribution in [0.3, 0.4) is 0 Å². The van der Waals surface area contributed by atoms with Crippen molar-refractivity contribution in [1.29, 1.82) is 0 Å². The zero-order chi connectivity index (χ0) is 16.9. The predicted octanol–water partition coefficient (Wildman–Crippen LogP) is 5.99. The second kappa shape index (κ2) is 8.03. The number of aromatic nitrogens is 1. The molecule has 1 heterocycles. The van der Waals surface area contributed by atoms with Crippen LogP contribution in [0.15, 0.2) is 58.3 Å². The van der Waals surface area contributed by atoms with Crippen molar-refractivity contribution in [3.63, 3.8) is 0 Å². The number of halogens is 2. The van der Waals surface area contributed by atoms with Crippen LogP contribution in [0.1, 0.15) is 16.1 Å². The lowest BCUT2D eigenvalue weighted by Gasteiger charge is -2.10. The molecule has 1 amide bonds. The molecular formula is C17H12Cl2N2OS2. The van der Waals surface area contributed by atoms with Gasteiger partial charge in [0.25, 0.3) is 5.91 Å². The van der Waals surface area contributed by atoms with Crippen LogP contribution >= 0.6 is 46.3 Å². The third kappa shape index (κ3) is 4.30. The lowest BCUT2D eigenvalue weighted by atomic mass is 10.2. The van der Waals surface area contributed by atoms with Crippen molar-refractivity contribution in [2.45, 2.75) is 10.6 Å². The first-order valence-electron chi connectivity index (χ1n) is 6.99. The summed E-state index contributed by atoms with van der Waals surface area (Å²) < 4.78 is 0. The summed E-state index contributed by atoms with van der Waals surface area (Å²) in [5.41, 5.74) is 4.03. The number of benzene rings is 2. The van der Waals surface area contributed by atoms with Crippen LogP contribution in [0, 0.1) is 0 Å². The molecule has 0 aliphatic heterocycles. The topological polar surface area (TPSA) is 42.0 Å². The Hall–Kier alpha value is -1.53. The Kier molecular flexibility index (Phi) is 5.79. The van der Waals surface area contributed by atoms with Gasteiger partial charge in [-0.15, -0.1) is 23.1 Å². The molecule has 3 aromatic rings. The van der Waals surface area contributed by atoms with Crippen molar-refractivity contribution in [3.8, 4) is 0 Å². The monoisotopic (exact) mass is 394 g/mol. The Balaban J connectivity index is 1.75. The number of amides is 1. The summed E-state index contributed by atoms with van der Waals surface area (Å²) in [5.74, 6) is 0.537. The Morgan fingerprint density at radius 2 is 2.00 bits per heavy atom. The van der Waals surface area contributed by atoms with Gasteiger partial charge in [-0.3, -0.25) is 4.79 Å². The number of thiazole rings is 1. The highest BCUT2D eigenvalue weighted by Crippen LogP contribution is 2.28. The maximum atomic E-state index is 12.6. The molecule has 2 aromatic carbocycles. The number of nitrogens with one attached hydrogen (secondary N) is 1. The summed E-state index contributed by atoms with van der Waals surface area (Å²) in [4.78, 5) is 17.7. The van der Waals surface area contributed by atoms with Crippen LogP contribution in [-0.4, -0.2) is 10.9 Å². The van der Waals surface area contributed by atoms with Gasteiger partial charge in [-0.05, 0) is 30.3 Å². The van der Waals surface area contributed by atoms with E-state index in [9.17, 15) is 4.79 Å². The molecule has 0 fully saturated rings. The SMILES string of the molecule is O=C(Nc1ccc(Cl)c(Cl)c1)c1ccccc1SCc1cscn1. The van der Waals surface area contributed by atoms with Crippen molar-refractivity contribution < 1.29 is 4.79 Å². The molecular weight excluding hydrogens is 383 g/mol. The fourth-order valence-corrected chi connectivity index (χ4v) is 3.93. The summed E-state index contributed by atoms with van der Waals surface area (Å²) in [6.45, 7) is 0. The molecule has 122 valence electrons. The average Bonchev–Trinajstić information content (AvgIpc) is 3.10. The van der Waals surface area contributed by atoms with E-state index in [1.54, 1.807) is 52.9 Å². The molecule has 24 heavy (non-hydrogen) atoms. The number of thioether (sulfide) groups is 1. The molecule has 0 unspecified atom stereocenters. The van der Waals surface area contributed by atoms with Gasteiger partial charge in [0.2, 0.25) is 0 Å². The van der Waals surface area contributed by atoms with Gasteiger partial charge in [0, 0.05) is 21.7 Å². The van der Waals surface area contributed by atoms with E-state index in [-0.39, 0.29) is 5.91 Å². The molecule has 0 saturated carbocycles. The molecule has 0 saturated heterocycles. The molecule has 0 aliphatic carbocycles. The van der Waals surface area contributed by atoms with Crippen molar-refractivity contribution in [2.24, 2.45) is 0 Å². The van der Waals surface area contributed by atoms with E-state index in [2.05, 4.69) is 10.3 Å². The number of nitrogens with zero attached hydrogens (tertiary/aromatic N) is 1. The van der Waals surface area contributed by atoms with E-state index in [0.29, 0.717) is 21.3 Å². The first-order valence-corrected chi connectivity index (χ1v) is 9.67. The van der Waals surface area contributed by atoms with Gasteiger partial charge in [-0.2, -0.15) is 0 Å². The molecule has 1 N–H and O–H groups in total. The van der Waals surface area contributed by atoms with Gasteiger partial charge >= 0.3 is 0 Å². The van der Waals surface area contributed by atoms with Crippen LogP contribution < -0.4 is 5.32 Å². The van der Waals surface area contributed by atoms with Crippen LogP contribution in [0.25, 0.3) is 0 Å². The van der Waals surface area contributed by atoms with Gasteiger partial charge in [-0.1, -0.05) is 35.3 Å². The van der Waals surface area contributed by atoms with Crippen LogP contribution in [-0.2, 0) is 5.75 Å². The number of carbonyl (C=O) groups excluding carboxylic acids is 1. The molecule has 0 spiro atoms. The lowest BCUT2D eigenvalue weighted by molar-refractivity contribution is 0.102. The van der Waals surface area contributed by atoms with Gasteiger partial charge < -0.3 is 5.32 Å². The summed E-state index contributed by atoms with van der Waals surface area (Å²) in [5, 5.41) is 5.71. The molecule has 1 aromatic heterocycles. The highest BCUT2D eigenvalue weighted by molar-refractivity contribution is 7.98. The summed E-state index contributed by atoms with van der Waals surface area (Å²) >= 11 is 15.0. The first kappa shape index (κ1) is 17.3. The van der Waals surface area contributed by atoms with Gasteiger partial charge in [0.05, 0.1) is 26.8 Å². The van der Waals surface area contributed by atoms with E-state index in [1.165, 1.54) is 0 Å². The fraction of sp³-hybridized carbons (Fsp3) is 0.0588. The van der Waals surface area contributed by atoms with Crippen LogP contribution in [0.2, 0.25) is 10.0 Å². The summed E-state index contributed by atoms with van der Waals surface area (Å²) in [7, 11) is 0. The largest absolute Gasteiger partial charge is 0.322 e. The smallest absolute Gasteiger partial charge is 0.256 e. The zero-order valence-corrected chi connectivity index (χ0v) is 15.5. The Morgan fingerprint density at radius 1 is 1.17 bits per heavy atom. The highest BCUT2D eigenvalue weighted by Gasteiger charge is 2.12. The molecule has 7 heteroatoms. The number of hydrogen-bond donors (Lipinski definition) is 1. The number of hydrogen-bond acceptors (Lipinski definition) is 4. The molecule has 3 nitrogen and oxygen atoms in total. The van der Waals surface area contributed by atoms with E-state index in [0.717, 1.165) is 16.3 Å². The molecule has 0 aliphatic rings. The van der Waals surface area contributed by atoms with E-state index >= 15 is 0 Å². The summed E-state index contributed by atoms with van der Waals surface area (Å²) in [6.07, 6.45) is 0. The molecule has 0 radical (unpaired) electrons. The normalized spacial score (nSPS) is 10.6. The third-order valence-electron chi connectivity index (χ3n) is 3.17. The number of carbonyl (C=O) groups is 1. The second-order valence-electron chi connectivity index (χ2n) is 4.85. The Labute approximate surface area is 158 Å². The van der Waals surface area contributed by atoms with E-state index in [1.807, 2.05) is 23.6 Å². The van der Waals surface area contributed by atoms with E-state index < -0.39 is 0 Å². The first-order chi connectivity index (χ1) is 11.6. The third-order valence-corrected chi connectivity index (χ3v) is 5.65. The van der Waals surface area contributed by atoms with Gasteiger partial charge in [0.15, 0.2) is 0 Å².